The lowest BCUT2D eigenvalue weighted by Crippen LogP contribution is -1.96. The van der Waals surface area contributed by atoms with E-state index in [1.807, 2.05) is 0 Å². The van der Waals surface area contributed by atoms with E-state index >= 15 is 0 Å². The molecule has 0 amide bonds. The Morgan fingerprint density at radius 1 is 1.25 bits per heavy atom. The monoisotopic (exact) mass is 216 g/mol. The highest BCUT2D eigenvalue weighted by molar-refractivity contribution is 5.88. The molecule has 0 bridgehead atoms. The summed E-state index contributed by atoms with van der Waals surface area (Å²) in [4.78, 5) is 14.7. The van der Waals surface area contributed by atoms with E-state index in [0.29, 0.717) is 23.0 Å². The topological polar surface area (TPSA) is 56.0 Å². The smallest absolute Gasteiger partial charge is 0.150 e. The Morgan fingerprint density at radius 2 is 2.00 bits per heavy atom. The molecule has 0 fully saturated rings. The van der Waals surface area contributed by atoms with Gasteiger partial charge >= 0.3 is 0 Å². The van der Waals surface area contributed by atoms with Crippen LogP contribution in [0.2, 0.25) is 0 Å². The van der Waals surface area contributed by atoms with Crippen LogP contribution in [-0.2, 0) is 0 Å². The minimum Gasteiger partial charge on any atom is -0.384 e. The molecule has 1 aromatic carbocycles. The number of rotatable bonds is 2. The van der Waals surface area contributed by atoms with Crippen LogP contribution in [0.3, 0.4) is 0 Å². The van der Waals surface area contributed by atoms with Crippen LogP contribution in [0.1, 0.15) is 10.4 Å². The Morgan fingerprint density at radius 3 is 2.69 bits per heavy atom. The second-order valence-corrected chi connectivity index (χ2v) is 3.29. The minimum atomic E-state index is -0.392. The number of benzene rings is 1. The average Bonchev–Trinajstić information content (AvgIpc) is 2.30. The number of hydrogen-bond acceptors (Lipinski definition) is 3. The molecule has 1 heterocycles. The fraction of sp³-hybridized carbons (Fsp3) is 0. The van der Waals surface area contributed by atoms with Crippen LogP contribution in [0, 0.1) is 5.82 Å². The predicted octanol–water partition coefficient (Wildman–Crippen LogP) is 2.28. The first-order valence-electron chi connectivity index (χ1n) is 4.68. The second-order valence-electron chi connectivity index (χ2n) is 3.29. The number of nitrogens with two attached hydrogens (primary N) is 1. The van der Waals surface area contributed by atoms with Crippen molar-refractivity contribution in [2.75, 3.05) is 5.73 Å². The van der Waals surface area contributed by atoms with E-state index in [1.54, 1.807) is 18.2 Å². The number of halogens is 1. The van der Waals surface area contributed by atoms with Crippen molar-refractivity contribution in [2.45, 2.75) is 0 Å². The van der Waals surface area contributed by atoms with Crippen molar-refractivity contribution < 1.29 is 9.18 Å². The van der Waals surface area contributed by atoms with Gasteiger partial charge in [0, 0.05) is 22.9 Å². The van der Waals surface area contributed by atoms with Gasteiger partial charge in [0.25, 0.3) is 0 Å². The molecule has 16 heavy (non-hydrogen) atoms. The van der Waals surface area contributed by atoms with Gasteiger partial charge in [-0.1, -0.05) is 18.2 Å². The first-order chi connectivity index (χ1) is 7.72. The molecule has 3 nitrogen and oxygen atoms in total. The number of aldehydes is 1. The number of nitrogens with zero attached hydrogens (tertiary/aromatic N) is 1. The normalized spacial score (nSPS) is 10.1. The van der Waals surface area contributed by atoms with E-state index in [0.717, 1.165) is 0 Å². The standard InChI is InChI=1S/C12H9FN2O/c13-11-4-2-1-3-9(11)10-6-15-12(14)5-8(10)7-16/h1-7H,(H2,14,15). The largest absolute Gasteiger partial charge is 0.384 e. The summed E-state index contributed by atoms with van der Waals surface area (Å²) < 4.78 is 13.5. The Bertz CT molecular complexity index is 540. The summed E-state index contributed by atoms with van der Waals surface area (Å²) in [6.45, 7) is 0. The van der Waals surface area contributed by atoms with Crippen molar-refractivity contribution in [3.05, 3.63) is 47.9 Å². The number of hydrogen-bond donors (Lipinski definition) is 1. The first-order valence-corrected chi connectivity index (χ1v) is 4.68. The maximum atomic E-state index is 13.5. The number of carbonyl (C=O) groups excluding carboxylic acids is 1. The number of anilines is 1. The van der Waals surface area contributed by atoms with Gasteiger partial charge in [0.1, 0.15) is 11.6 Å². The molecule has 2 N–H and O–H groups in total. The lowest BCUT2D eigenvalue weighted by atomic mass is 10.0. The van der Waals surface area contributed by atoms with Gasteiger partial charge in [-0.25, -0.2) is 9.37 Å². The highest BCUT2D eigenvalue weighted by atomic mass is 19.1. The molecule has 2 rings (SSSR count). The summed E-state index contributed by atoms with van der Waals surface area (Å²) in [5.41, 5.74) is 6.58. The van der Waals surface area contributed by atoms with Gasteiger partial charge in [-0.3, -0.25) is 4.79 Å². The Kier molecular flexibility index (Phi) is 2.64. The maximum Gasteiger partial charge on any atom is 0.150 e. The number of pyridine rings is 1. The summed E-state index contributed by atoms with van der Waals surface area (Å²) >= 11 is 0. The van der Waals surface area contributed by atoms with Crippen LogP contribution in [0.15, 0.2) is 36.5 Å². The lowest BCUT2D eigenvalue weighted by molar-refractivity contribution is 0.112. The van der Waals surface area contributed by atoms with Gasteiger partial charge in [0.05, 0.1) is 0 Å². The zero-order valence-corrected chi connectivity index (χ0v) is 8.35. The minimum absolute atomic E-state index is 0.238. The molecule has 0 spiro atoms. The van der Waals surface area contributed by atoms with Gasteiger partial charge < -0.3 is 5.73 Å². The molecular formula is C12H9FN2O. The van der Waals surface area contributed by atoms with E-state index in [9.17, 15) is 9.18 Å². The second kappa shape index (κ2) is 4.10. The fourth-order valence-electron chi connectivity index (χ4n) is 1.49. The summed E-state index contributed by atoms with van der Waals surface area (Å²) in [7, 11) is 0. The van der Waals surface area contributed by atoms with Crippen LogP contribution in [0.25, 0.3) is 11.1 Å². The molecule has 1 aromatic heterocycles. The molecule has 0 saturated heterocycles. The van der Waals surface area contributed by atoms with Crippen molar-refractivity contribution in [3.8, 4) is 11.1 Å². The summed E-state index contributed by atoms with van der Waals surface area (Å²) in [5.74, 6) is -0.153. The molecule has 80 valence electrons. The van der Waals surface area contributed by atoms with Gasteiger partial charge in [0.2, 0.25) is 0 Å². The van der Waals surface area contributed by atoms with Gasteiger partial charge in [-0.05, 0) is 12.1 Å². The zero-order chi connectivity index (χ0) is 11.5. The highest BCUT2D eigenvalue weighted by Crippen LogP contribution is 2.25. The quantitative estimate of drug-likeness (QED) is 0.783. The number of nitrogen functional groups attached to an aromatic ring is 1. The van der Waals surface area contributed by atoms with Crippen molar-refractivity contribution >= 4 is 12.1 Å². The molecule has 0 atom stereocenters. The van der Waals surface area contributed by atoms with E-state index in [1.165, 1.54) is 18.3 Å². The van der Waals surface area contributed by atoms with Crippen molar-refractivity contribution in [2.24, 2.45) is 0 Å². The molecule has 0 aliphatic heterocycles. The third-order valence-corrected chi connectivity index (χ3v) is 2.25. The van der Waals surface area contributed by atoms with Gasteiger partial charge in [0.15, 0.2) is 6.29 Å². The van der Waals surface area contributed by atoms with E-state index in [2.05, 4.69) is 4.98 Å². The zero-order valence-electron chi connectivity index (χ0n) is 8.35. The third-order valence-electron chi connectivity index (χ3n) is 2.25. The number of aromatic nitrogens is 1. The molecule has 4 heteroatoms. The molecule has 0 aliphatic carbocycles. The highest BCUT2D eigenvalue weighted by Gasteiger charge is 2.09. The van der Waals surface area contributed by atoms with Crippen molar-refractivity contribution in [3.63, 3.8) is 0 Å². The molecule has 0 radical (unpaired) electrons. The van der Waals surface area contributed by atoms with Crippen molar-refractivity contribution in [1.29, 1.82) is 0 Å². The first kappa shape index (κ1) is 10.3. The summed E-state index contributed by atoms with van der Waals surface area (Å²) in [5, 5.41) is 0. The van der Waals surface area contributed by atoms with Gasteiger partial charge in [-0.15, -0.1) is 0 Å². The van der Waals surface area contributed by atoms with Crippen LogP contribution < -0.4 is 5.73 Å². The van der Waals surface area contributed by atoms with Crippen LogP contribution in [-0.4, -0.2) is 11.3 Å². The fourth-order valence-corrected chi connectivity index (χ4v) is 1.49. The van der Waals surface area contributed by atoms with E-state index in [4.69, 9.17) is 5.73 Å². The lowest BCUT2D eigenvalue weighted by Gasteiger charge is -2.06. The van der Waals surface area contributed by atoms with E-state index < -0.39 is 5.82 Å². The van der Waals surface area contributed by atoms with Crippen LogP contribution in [0.5, 0.6) is 0 Å². The molecular weight excluding hydrogens is 207 g/mol. The molecule has 0 saturated carbocycles. The Balaban J connectivity index is 2.65. The SMILES string of the molecule is Nc1cc(C=O)c(-c2ccccc2F)cn1. The van der Waals surface area contributed by atoms with Crippen LogP contribution in [0.4, 0.5) is 10.2 Å². The Hall–Kier alpha value is -2.23. The maximum absolute atomic E-state index is 13.5. The molecule has 0 aliphatic rings. The molecule has 2 aromatic rings. The average molecular weight is 216 g/mol. The Labute approximate surface area is 91.7 Å². The third kappa shape index (κ3) is 1.77. The number of carbonyl (C=O) groups is 1. The predicted molar refractivity (Wildman–Crippen MR) is 59.4 cm³/mol. The summed E-state index contributed by atoms with van der Waals surface area (Å²) in [6, 6.07) is 7.64. The van der Waals surface area contributed by atoms with Gasteiger partial charge in [-0.2, -0.15) is 0 Å². The summed E-state index contributed by atoms with van der Waals surface area (Å²) in [6.07, 6.45) is 2.04. The van der Waals surface area contributed by atoms with Crippen molar-refractivity contribution in [1.82, 2.24) is 4.98 Å². The molecule has 0 unspecified atom stereocenters. The van der Waals surface area contributed by atoms with Crippen LogP contribution >= 0.6 is 0 Å². The van der Waals surface area contributed by atoms with E-state index in [-0.39, 0.29) is 5.82 Å².